The Kier molecular flexibility index (Phi) is 4.67. The van der Waals surface area contributed by atoms with Gasteiger partial charge in [-0.2, -0.15) is 5.10 Å². The van der Waals surface area contributed by atoms with Crippen molar-refractivity contribution >= 4 is 10.0 Å². The molecule has 1 heterocycles. The van der Waals surface area contributed by atoms with Gasteiger partial charge in [-0.15, -0.1) is 0 Å². The zero-order chi connectivity index (χ0) is 13.1. The van der Waals surface area contributed by atoms with E-state index < -0.39 is 10.0 Å². The Morgan fingerprint density at radius 3 is 2.53 bits per heavy atom. The molecular weight excluding hydrogens is 240 g/mol. The molecule has 0 radical (unpaired) electrons. The molecular formula is C10H20N4O2S. The van der Waals surface area contributed by atoms with Crippen molar-refractivity contribution in [2.24, 2.45) is 0 Å². The summed E-state index contributed by atoms with van der Waals surface area (Å²) < 4.78 is 27.9. The first-order chi connectivity index (χ1) is 7.86. The lowest BCUT2D eigenvalue weighted by Crippen LogP contribution is -2.37. The Balaban J connectivity index is 2.75. The molecule has 0 aliphatic rings. The highest BCUT2D eigenvalue weighted by Crippen LogP contribution is 2.10. The lowest BCUT2D eigenvalue weighted by Gasteiger charge is -2.10. The fourth-order valence-corrected chi connectivity index (χ4v) is 2.23. The van der Waals surface area contributed by atoms with Crippen LogP contribution in [-0.4, -0.2) is 37.8 Å². The van der Waals surface area contributed by atoms with Gasteiger partial charge in [0.1, 0.15) is 4.90 Å². The van der Waals surface area contributed by atoms with Crippen LogP contribution in [0.1, 0.15) is 26.8 Å². The molecule has 1 unspecified atom stereocenters. The third kappa shape index (κ3) is 3.79. The number of aromatic nitrogens is 2. The van der Waals surface area contributed by atoms with E-state index in [1.54, 1.807) is 11.7 Å². The Bertz CT molecular complexity index is 453. The van der Waals surface area contributed by atoms with Gasteiger partial charge in [0.2, 0.25) is 10.0 Å². The van der Waals surface area contributed by atoms with Crippen LogP contribution in [0.5, 0.6) is 0 Å². The highest BCUT2D eigenvalue weighted by molar-refractivity contribution is 7.89. The molecule has 7 heteroatoms. The molecule has 2 N–H and O–H groups in total. The third-order valence-corrected chi connectivity index (χ3v) is 3.87. The largest absolute Gasteiger partial charge is 0.316 e. The van der Waals surface area contributed by atoms with Gasteiger partial charge >= 0.3 is 0 Å². The number of sulfonamides is 1. The van der Waals surface area contributed by atoms with E-state index in [0.717, 1.165) is 0 Å². The number of nitrogens with zero attached hydrogens (tertiary/aromatic N) is 2. The molecule has 0 saturated carbocycles. The van der Waals surface area contributed by atoms with Gasteiger partial charge in [-0.05, 0) is 27.8 Å². The molecule has 6 nitrogen and oxygen atoms in total. The predicted octanol–water partition coefficient (Wildman–Crippen LogP) is 0.350. The van der Waals surface area contributed by atoms with Gasteiger partial charge in [0.25, 0.3) is 0 Å². The second-order valence-corrected chi connectivity index (χ2v) is 6.06. The van der Waals surface area contributed by atoms with Crippen molar-refractivity contribution in [3.8, 4) is 0 Å². The lowest BCUT2D eigenvalue weighted by atomic mass is 10.4. The van der Waals surface area contributed by atoms with Crippen LogP contribution in [0.2, 0.25) is 0 Å². The Morgan fingerprint density at radius 2 is 2.06 bits per heavy atom. The second kappa shape index (κ2) is 5.61. The van der Waals surface area contributed by atoms with Crippen LogP contribution >= 0.6 is 0 Å². The van der Waals surface area contributed by atoms with Crippen LogP contribution in [0.15, 0.2) is 17.3 Å². The molecule has 0 fully saturated rings. The average Bonchev–Trinajstić information content (AvgIpc) is 2.76. The summed E-state index contributed by atoms with van der Waals surface area (Å²) in [6.45, 7) is 6.14. The Hall–Kier alpha value is -0.920. The van der Waals surface area contributed by atoms with Crippen molar-refractivity contribution in [1.82, 2.24) is 19.8 Å². The van der Waals surface area contributed by atoms with Crippen LogP contribution in [0, 0.1) is 0 Å². The first-order valence-electron chi connectivity index (χ1n) is 5.58. The molecule has 0 aromatic carbocycles. The van der Waals surface area contributed by atoms with Gasteiger partial charge in [0.15, 0.2) is 0 Å². The van der Waals surface area contributed by atoms with E-state index in [1.165, 1.54) is 12.4 Å². The van der Waals surface area contributed by atoms with Gasteiger partial charge in [-0.1, -0.05) is 0 Å². The third-order valence-electron chi connectivity index (χ3n) is 2.49. The summed E-state index contributed by atoms with van der Waals surface area (Å²) in [5.41, 5.74) is 0. The summed E-state index contributed by atoms with van der Waals surface area (Å²) in [7, 11) is -1.66. The maximum Gasteiger partial charge on any atom is 0.243 e. The standard InChI is InChI=1S/C10H20N4O2S/c1-8(2)14-7-10(6-12-14)17(15,16)13-5-9(3)11-4/h6-9,11,13H,5H2,1-4H3. The molecule has 0 spiro atoms. The van der Waals surface area contributed by atoms with Gasteiger partial charge in [-0.3, -0.25) is 4.68 Å². The maximum atomic E-state index is 11.9. The second-order valence-electron chi connectivity index (χ2n) is 4.29. The van der Waals surface area contributed by atoms with Crippen LogP contribution in [0.3, 0.4) is 0 Å². The molecule has 1 aromatic heterocycles. The van der Waals surface area contributed by atoms with E-state index in [1.807, 2.05) is 20.8 Å². The normalized spacial score (nSPS) is 14.2. The van der Waals surface area contributed by atoms with Crippen molar-refractivity contribution in [2.75, 3.05) is 13.6 Å². The summed E-state index contributed by atoms with van der Waals surface area (Å²) in [4.78, 5) is 0.203. The molecule has 0 amide bonds. The summed E-state index contributed by atoms with van der Waals surface area (Å²) in [5.74, 6) is 0. The number of likely N-dealkylation sites (N-methyl/N-ethyl adjacent to an activating group) is 1. The minimum atomic E-state index is -3.45. The van der Waals surface area contributed by atoms with Crippen LogP contribution in [0.25, 0.3) is 0 Å². The first kappa shape index (κ1) is 14.1. The molecule has 1 aromatic rings. The quantitative estimate of drug-likeness (QED) is 0.774. The fraction of sp³-hybridized carbons (Fsp3) is 0.700. The molecule has 1 rings (SSSR count). The van der Waals surface area contributed by atoms with E-state index in [9.17, 15) is 8.42 Å². The highest BCUT2D eigenvalue weighted by atomic mass is 32.2. The van der Waals surface area contributed by atoms with E-state index in [-0.39, 0.29) is 17.0 Å². The fourth-order valence-electron chi connectivity index (χ4n) is 1.16. The molecule has 98 valence electrons. The monoisotopic (exact) mass is 260 g/mol. The first-order valence-corrected chi connectivity index (χ1v) is 7.06. The van der Waals surface area contributed by atoms with Gasteiger partial charge < -0.3 is 5.32 Å². The van der Waals surface area contributed by atoms with Crippen LogP contribution in [0.4, 0.5) is 0 Å². The van der Waals surface area contributed by atoms with Crippen molar-refractivity contribution in [2.45, 2.75) is 37.8 Å². The topological polar surface area (TPSA) is 76.0 Å². The lowest BCUT2D eigenvalue weighted by molar-refractivity contribution is 0.530. The highest BCUT2D eigenvalue weighted by Gasteiger charge is 2.17. The molecule has 0 bridgehead atoms. The van der Waals surface area contributed by atoms with Crippen molar-refractivity contribution in [3.63, 3.8) is 0 Å². The molecule has 1 atom stereocenters. The zero-order valence-electron chi connectivity index (χ0n) is 10.6. The zero-order valence-corrected chi connectivity index (χ0v) is 11.5. The van der Waals surface area contributed by atoms with Crippen molar-refractivity contribution < 1.29 is 8.42 Å². The Morgan fingerprint density at radius 1 is 1.41 bits per heavy atom. The van der Waals surface area contributed by atoms with E-state index >= 15 is 0 Å². The summed E-state index contributed by atoms with van der Waals surface area (Å²) in [6.07, 6.45) is 2.91. The number of nitrogens with one attached hydrogen (secondary N) is 2. The smallest absolute Gasteiger partial charge is 0.243 e. The number of rotatable bonds is 6. The van der Waals surface area contributed by atoms with Gasteiger partial charge in [-0.25, -0.2) is 13.1 Å². The van der Waals surface area contributed by atoms with E-state index in [4.69, 9.17) is 0 Å². The minimum absolute atomic E-state index is 0.0879. The van der Waals surface area contributed by atoms with E-state index in [0.29, 0.717) is 6.54 Å². The minimum Gasteiger partial charge on any atom is -0.316 e. The molecule has 0 aliphatic carbocycles. The Labute approximate surface area is 102 Å². The number of hydrogen-bond acceptors (Lipinski definition) is 4. The maximum absolute atomic E-state index is 11.9. The van der Waals surface area contributed by atoms with Crippen molar-refractivity contribution in [3.05, 3.63) is 12.4 Å². The SMILES string of the molecule is CNC(C)CNS(=O)(=O)c1cnn(C(C)C)c1. The summed E-state index contributed by atoms with van der Waals surface area (Å²) in [6, 6.07) is 0.236. The van der Waals surface area contributed by atoms with Crippen molar-refractivity contribution in [1.29, 1.82) is 0 Å². The molecule has 17 heavy (non-hydrogen) atoms. The molecule has 0 aliphatic heterocycles. The number of hydrogen-bond donors (Lipinski definition) is 2. The van der Waals surface area contributed by atoms with Crippen LogP contribution in [-0.2, 0) is 10.0 Å². The molecule has 0 saturated heterocycles. The van der Waals surface area contributed by atoms with Gasteiger partial charge in [0, 0.05) is 24.8 Å². The summed E-state index contributed by atoms with van der Waals surface area (Å²) in [5, 5.41) is 6.98. The average molecular weight is 260 g/mol. The predicted molar refractivity (Wildman–Crippen MR) is 66.3 cm³/mol. The van der Waals surface area contributed by atoms with E-state index in [2.05, 4.69) is 15.1 Å². The van der Waals surface area contributed by atoms with Gasteiger partial charge in [0.05, 0.1) is 6.20 Å². The summed E-state index contributed by atoms with van der Waals surface area (Å²) >= 11 is 0. The van der Waals surface area contributed by atoms with Crippen LogP contribution < -0.4 is 10.0 Å².